The number of nitrogens with zero attached hydrogens (tertiary/aromatic N) is 1. The summed E-state index contributed by atoms with van der Waals surface area (Å²) in [6.07, 6.45) is 0. The standard InChI is InChI=1S/C16H20N2O2/c1-12(13-7-9-15(19-2)10-8-13)17-11-14-5-4-6-16(18-14)20-3/h4-10,12,17H,11H2,1-3H3/t12-/m0/s1. The molecule has 1 aromatic heterocycles. The van der Waals surface area contributed by atoms with Crippen LogP contribution in [0, 0.1) is 0 Å². The maximum atomic E-state index is 5.16. The molecule has 0 amide bonds. The minimum atomic E-state index is 0.244. The molecule has 1 aromatic carbocycles. The van der Waals surface area contributed by atoms with Gasteiger partial charge in [0, 0.05) is 18.7 Å². The SMILES string of the molecule is COc1ccc([C@H](C)NCc2cccc(OC)n2)cc1. The second kappa shape index (κ2) is 6.91. The van der Waals surface area contributed by atoms with Crippen molar-refractivity contribution < 1.29 is 9.47 Å². The van der Waals surface area contributed by atoms with Gasteiger partial charge in [-0.1, -0.05) is 18.2 Å². The van der Waals surface area contributed by atoms with Crippen molar-refractivity contribution >= 4 is 0 Å². The van der Waals surface area contributed by atoms with E-state index in [1.165, 1.54) is 5.56 Å². The number of benzene rings is 1. The molecule has 0 saturated carbocycles. The number of ether oxygens (including phenoxy) is 2. The van der Waals surface area contributed by atoms with E-state index in [2.05, 4.69) is 29.4 Å². The zero-order chi connectivity index (χ0) is 14.4. The molecule has 2 aromatic rings. The second-order valence-electron chi connectivity index (χ2n) is 4.55. The molecule has 0 aliphatic heterocycles. The molecule has 20 heavy (non-hydrogen) atoms. The first-order valence-electron chi connectivity index (χ1n) is 6.60. The van der Waals surface area contributed by atoms with Crippen molar-refractivity contribution in [2.24, 2.45) is 0 Å². The molecule has 1 heterocycles. The van der Waals surface area contributed by atoms with E-state index in [0.717, 1.165) is 11.4 Å². The van der Waals surface area contributed by atoms with E-state index in [-0.39, 0.29) is 6.04 Å². The van der Waals surface area contributed by atoms with Crippen molar-refractivity contribution in [3.05, 3.63) is 53.7 Å². The van der Waals surface area contributed by atoms with E-state index in [0.29, 0.717) is 12.4 Å². The lowest BCUT2D eigenvalue weighted by molar-refractivity contribution is 0.395. The molecule has 106 valence electrons. The van der Waals surface area contributed by atoms with Crippen molar-refractivity contribution in [2.45, 2.75) is 19.5 Å². The number of hydrogen-bond donors (Lipinski definition) is 1. The number of methoxy groups -OCH3 is 2. The van der Waals surface area contributed by atoms with Gasteiger partial charge in [0.25, 0.3) is 0 Å². The van der Waals surface area contributed by atoms with Crippen LogP contribution in [0.3, 0.4) is 0 Å². The zero-order valence-electron chi connectivity index (χ0n) is 12.1. The van der Waals surface area contributed by atoms with Crippen LogP contribution in [0.1, 0.15) is 24.2 Å². The van der Waals surface area contributed by atoms with E-state index < -0.39 is 0 Å². The Morgan fingerprint density at radius 3 is 2.45 bits per heavy atom. The van der Waals surface area contributed by atoms with Crippen molar-refractivity contribution in [1.29, 1.82) is 0 Å². The minimum Gasteiger partial charge on any atom is -0.497 e. The first kappa shape index (κ1) is 14.3. The van der Waals surface area contributed by atoms with Gasteiger partial charge < -0.3 is 14.8 Å². The maximum absolute atomic E-state index is 5.16. The van der Waals surface area contributed by atoms with Crippen LogP contribution < -0.4 is 14.8 Å². The number of nitrogens with one attached hydrogen (secondary N) is 1. The third-order valence-electron chi connectivity index (χ3n) is 3.20. The summed E-state index contributed by atoms with van der Waals surface area (Å²) in [5, 5.41) is 3.45. The minimum absolute atomic E-state index is 0.244. The van der Waals surface area contributed by atoms with Gasteiger partial charge in [-0.05, 0) is 30.7 Å². The average molecular weight is 272 g/mol. The van der Waals surface area contributed by atoms with Gasteiger partial charge in [0.2, 0.25) is 5.88 Å². The monoisotopic (exact) mass is 272 g/mol. The molecule has 4 nitrogen and oxygen atoms in total. The second-order valence-corrected chi connectivity index (χ2v) is 4.55. The fourth-order valence-corrected chi connectivity index (χ4v) is 1.94. The maximum Gasteiger partial charge on any atom is 0.213 e. The van der Waals surface area contributed by atoms with Crippen molar-refractivity contribution in [1.82, 2.24) is 10.3 Å². The quantitative estimate of drug-likeness (QED) is 0.878. The molecule has 0 fully saturated rings. The van der Waals surface area contributed by atoms with Crippen LogP contribution in [-0.4, -0.2) is 19.2 Å². The first-order valence-corrected chi connectivity index (χ1v) is 6.60. The van der Waals surface area contributed by atoms with Crippen molar-refractivity contribution in [3.8, 4) is 11.6 Å². The lowest BCUT2D eigenvalue weighted by atomic mass is 10.1. The summed E-state index contributed by atoms with van der Waals surface area (Å²) in [6, 6.07) is 14.1. The summed E-state index contributed by atoms with van der Waals surface area (Å²) in [7, 11) is 3.30. The average Bonchev–Trinajstić information content (AvgIpc) is 2.53. The van der Waals surface area contributed by atoms with Gasteiger partial charge in [0.15, 0.2) is 0 Å². The van der Waals surface area contributed by atoms with E-state index in [9.17, 15) is 0 Å². The fraction of sp³-hybridized carbons (Fsp3) is 0.312. The number of hydrogen-bond acceptors (Lipinski definition) is 4. The molecular formula is C16H20N2O2. The highest BCUT2D eigenvalue weighted by atomic mass is 16.5. The van der Waals surface area contributed by atoms with E-state index in [4.69, 9.17) is 9.47 Å². The van der Waals surface area contributed by atoms with Crippen LogP contribution in [0.5, 0.6) is 11.6 Å². The zero-order valence-corrected chi connectivity index (χ0v) is 12.1. The highest BCUT2D eigenvalue weighted by molar-refractivity contribution is 5.28. The van der Waals surface area contributed by atoms with Gasteiger partial charge >= 0.3 is 0 Å². The van der Waals surface area contributed by atoms with Crippen LogP contribution in [0.2, 0.25) is 0 Å². The van der Waals surface area contributed by atoms with Crippen LogP contribution in [-0.2, 0) is 6.54 Å². The predicted molar refractivity (Wildman–Crippen MR) is 79.0 cm³/mol. The molecule has 0 radical (unpaired) electrons. The first-order chi connectivity index (χ1) is 9.72. The van der Waals surface area contributed by atoms with Gasteiger partial charge in [0.1, 0.15) is 5.75 Å². The summed E-state index contributed by atoms with van der Waals surface area (Å²) >= 11 is 0. The number of pyridine rings is 1. The van der Waals surface area contributed by atoms with Gasteiger partial charge in [-0.3, -0.25) is 0 Å². The summed E-state index contributed by atoms with van der Waals surface area (Å²) in [5.74, 6) is 1.51. The number of aromatic nitrogens is 1. The summed E-state index contributed by atoms with van der Waals surface area (Å²) in [4.78, 5) is 4.38. The van der Waals surface area contributed by atoms with E-state index in [1.807, 2.05) is 30.3 Å². The van der Waals surface area contributed by atoms with Crippen molar-refractivity contribution in [2.75, 3.05) is 14.2 Å². The van der Waals surface area contributed by atoms with Crippen molar-refractivity contribution in [3.63, 3.8) is 0 Å². The Bertz CT molecular complexity index is 540. The lowest BCUT2D eigenvalue weighted by Gasteiger charge is -2.14. The van der Waals surface area contributed by atoms with Gasteiger partial charge in [-0.15, -0.1) is 0 Å². The highest BCUT2D eigenvalue weighted by Gasteiger charge is 2.06. The summed E-state index contributed by atoms with van der Waals surface area (Å²) in [5.41, 5.74) is 2.18. The topological polar surface area (TPSA) is 43.4 Å². The molecule has 1 atom stereocenters. The molecule has 0 aliphatic carbocycles. The largest absolute Gasteiger partial charge is 0.497 e. The Morgan fingerprint density at radius 2 is 1.80 bits per heavy atom. The Labute approximate surface area is 119 Å². The van der Waals surface area contributed by atoms with Gasteiger partial charge in [0.05, 0.1) is 19.9 Å². The van der Waals surface area contributed by atoms with Crippen LogP contribution in [0.25, 0.3) is 0 Å². The Morgan fingerprint density at radius 1 is 1.05 bits per heavy atom. The molecule has 0 spiro atoms. The molecular weight excluding hydrogens is 252 g/mol. The van der Waals surface area contributed by atoms with Crippen LogP contribution >= 0.6 is 0 Å². The predicted octanol–water partition coefficient (Wildman–Crippen LogP) is 2.95. The number of rotatable bonds is 6. The Balaban J connectivity index is 1.95. The molecule has 1 N–H and O–H groups in total. The highest BCUT2D eigenvalue weighted by Crippen LogP contribution is 2.17. The Kier molecular flexibility index (Phi) is 4.96. The van der Waals surface area contributed by atoms with Gasteiger partial charge in [-0.2, -0.15) is 0 Å². The smallest absolute Gasteiger partial charge is 0.213 e. The molecule has 0 saturated heterocycles. The third-order valence-corrected chi connectivity index (χ3v) is 3.20. The van der Waals surface area contributed by atoms with E-state index >= 15 is 0 Å². The summed E-state index contributed by atoms with van der Waals surface area (Å²) < 4.78 is 10.3. The van der Waals surface area contributed by atoms with Crippen LogP contribution in [0.4, 0.5) is 0 Å². The lowest BCUT2D eigenvalue weighted by Crippen LogP contribution is -2.18. The molecule has 0 bridgehead atoms. The Hall–Kier alpha value is -2.07. The fourth-order valence-electron chi connectivity index (χ4n) is 1.94. The van der Waals surface area contributed by atoms with E-state index in [1.54, 1.807) is 14.2 Å². The molecule has 2 rings (SSSR count). The molecule has 0 aliphatic rings. The molecule has 0 unspecified atom stereocenters. The third kappa shape index (κ3) is 3.71. The van der Waals surface area contributed by atoms with Gasteiger partial charge in [-0.25, -0.2) is 4.98 Å². The molecule has 4 heteroatoms. The normalized spacial score (nSPS) is 11.9. The van der Waals surface area contributed by atoms with Crippen LogP contribution in [0.15, 0.2) is 42.5 Å². The summed E-state index contributed by atoms with van der Waals surface area (Å²) in [6.45, 7) is 2.83.